The number of carbonyl (C=O) groups excluding carboxylic acids is 3. The Morgan fingerprint density at radius 2 is 1.33 bits per heavy atom. The molecule has 1 aliphatic heterocycles. The van der Waals surface area contributed by atoms with Gasteiger partial charge in [0.1, 0.15) is 19.0 Å². The minimum Gasteiger partial charge on any atom is -0.497 e. The van der Waals surface area contributed by atoms with Crippen LogP contribution in [0.5, 0.6) is 5.75 Å². The van der Waals surface area contributed by atoms with E-state index >= 15 is 0 Å². The van der Waals surface area contributed by atoms with E-state index in [1.807, 2.05) is 60.7 Å². The van der Waals surface area contributed by atoms with E-state index < -0.39 is 11.9 Å². The van der Waals surface area contributed by atoms with Crippen molar-refractivity contribution in [2.45, 2.75) is 6.04 Å². The van der Waals surface area contributed by atoms with Crippen molar-refractivity contribution in [1.29, 1.82) is 0 Å². The van der Waals surface area contributed by atoms with Crippen molar-refractivity contribution < 1.29 is 28.6 Å². The molecule has 45 heavy (non-hydrogen) atoms. The number of amides is 2. The van der Waals surface area contributed by atoms with Crippen molar-refractivity contribution in [1.82, 2.24) is 9.80 Å². The average Bonchev–Trinajstić information content (AvgIpc) is 3.09. The molecule has 4 aromatic carbocycles. The zero-order valence-corrected chi connectivity index (χ0v) is 25.5. The van der Waals surface area contributed by atoms with Crippen LogP contribution in [-0.4, -0.2) is 81.2 Å². The number of esters is 1. The number of nitrogens with one attached hydrogen (secondary N) is 1. The van der Waals surface area contributed by atoms with E-state index in [1.165, 1.54) is 18.2 Å². The lowest BCUT2D eigenvalue weighted by atomic mass is 9.96. The lowest BCUT2D eigenvalue weighted by Crippen LogP contribution is -2.50. The summed E-state index contributed by atoms with van der Waals surface area (Å²) in [4.78, 5) is 42.3. The maximum atomic E-state index is 12.9. The van der Waals surface area contributed by atoms with Crippen LogP contribution >= 0.6 is 0 Å². The first-order valence-corrected chi connectivity index (χ1v) is 14.8. The largest absolute Gasteiger partial charge is 0.497 e. The van der Waals surface area contributed by atoms with Gasteiger partial charge in [0, 0.05) is 26.2 Å². The summed E-state index contributed by atoms with van der Waals surface area (Å²) < 4.78 is 15.6. The molecular weight excluding hydrogens is 570 g/mol. The van der Waals surface area contributed by atoms with Gasteiger partial charge in [-0.25, -0.2) is 4.79 Å². The van der Waals surface area contributed by atoms with Crippen LogP contribution in [0.1, 0.15) is 27.5 Å². The summed E-state index contributed by atoms with van der Waals surface area (Å²) >= 11 is 0. The van der Waals surface area contributed by atoms with Crippen molar-refractivity contribution in [3.63, 3.8) is 0 Å². The topological polar surface area (TPSA) is 97.4 Å². The van der Waals surface area contributed by atoms with E-state index in [0.717, 1.165) is 16.9 Å². The van der Waals surface area contributed by atoms with Crippen LogP contribution in [0.3, 0.4) is 0 Å². The molecule has 9 nitrogen and oxygen atoms in total. The van der Waals surface area contributed by atoms with Crippen molar-refractivity contribution in [3.8, 4) is 16.9 Å². The fourth-order valence-corrected chi connectivity index (χ4v) is 5.52. The molecule has 0 aliphatic carbocycles. The zero-order chi connectivity index (χ0) is 31.6. The molecular formula is C36H37N3O6. The maximum Gasteiger partial charge on any atom is 0.339 e. The predicted molar refractivity (Wildman–Crippen MR) is 172 cm³/mol. The average molecular weight is 608 g/mol. The molecule has 5 rings (SSSR count). The number of methoxy groups -OCH3 is 2. The molecule has 1 N–H and O–H groups in total. The molecule has 1 saturated heterocycles. The Hall–Kier alpha value is -4.99. The number of benzene rings is 4. The van der Waals surface area contributed by atoms with E-state index in [2.05, 4.69) is 34.5 Å². The Kier molecular flexibility index (Phi) is 10.6. The Morgan fingerprint density at radius 3 is 1.91 bits per heavy atom. The molecule has 1 aliphatic rings. The van der Waals surface area contributed by atoms with Gasteiger partial charge in [-0.15, -0.1) is 0 Å². The molecule has 2 amide bonds. The van der Waals surface area contributed by atoms with Gasteiger partial charge in [-0.3, -0.25) is 14.5 Å². The Balaban J connectivity index is 1.13. The van der Waals surface area contributed by atoms with Gasteiger partial charge in [-0.1, -0.05) is 78.9 Å². The standard InChI is InChI=1S/C36H37N3O6/c1-43-30-16-13-26(14-17-30)29-15-18-32(31(23-29)36(42)44-2)37-33(40)24-45-25-34(41)38-19-21-39(22-20-38)35(27-9-5-3-6-10-27)28-11-7-4-8-12-28/h3-18,23,35H,19-22,24-25H2,1-2H3,(H,37,40). The van der Waals surface area contributed by atoms with E-state index in [1.54, 1.807) is 30.2 Å². The third-order valence-corrected chi connectivity index (χ3v) is 7.84. The minimum absolute atomic E-state index is 0.102. The molecule has 0 spiro atoms. The highest BCUT2D eigenvalue weighted by atomic mass is 16.5. The monoisotopic (exact) mass is 607 g/mol. The number of rotatable bonds is 11. The van der Waals surface area contributed by atoms with Crippen molar-refractivity contribution in [2.75, 3.05) is 58.9 Å². The maximum absolute atomic E-state index is 12.9. The summed E-state index contributed by atoms with van der Waals surface area (Å²) in [7, 11) is 2.88. The van der Waals surface area contributed by atoms with E-state index in [0.29, 0.717) is 31.9 Å². The van der Waals surface area contributed by atoms with Gasteiger partial charge >= 0.3 is 5.97 Å². The van der Waals surface area contributed by atoms with Crippen LogP contribution in [0.25, 0.3) is 11.1 Å². The van der Waals surface area contributed by atoms with Crippen molar-refractivity contribution in [2.24, 2.45) is 0 Å². The number of carbonyl (C=O) groups is 3. The zero-order valence-electron chi connectivity index (χ0n) is 25.5. The molecule has 232 valence electrons. The smallest absolute Gasteiger partial charge is 0.339 e. The first-order chi connectivity index (χ1) is 22.0. The summed E-state index contributed by atoms with van der Waals surface area (Å²) in [5, 5.41) is 2.71. The van der Waals surface area contributed by atoms with Crippen LogP contribution < -0.4 is 10.1 Å². The second-order valence-corrected chi connectivity index (χ2v) is 10.7. The molecule has 9 heteroatoms. The minimum atomic E-state index is -0.585. The van der Waals surface area contributed by atoms with Gasteiger partial charge in [0.05, 0.1) is 31.5 Å². The van der Waals surface area contributed by atoms with Gasteiger partial charge in [-0.2, -0.15) is 0 Å². The van der Waals surface area contributed by atoms with Gasteiger partial charge in [-0.05, 0) is 46.5 Å². The number of hydrogen-bond acceptors (Lipinski definition) is 7. The second-order valence-electron chi connectivity index (χ2n) is 10.7. The van der Waals surface area contributed by atoms with Crippen LogP contribution in [0.15, 0.2) is 103 Å². The molecule has 0 aromatic heterocycles. The SMILES string of the molecule is COC(=O)c1cc(-c2ccc(OC)cc2)ccc1NC(=O)COCC(=O)N1CCN(C(c2ccccc2)c2ccccc2)CC1. The highest BCUT2D eigenvalue weighted by Gasteiger charge is 2.28. The Bertz CT molecular complexity index is 1550. The number of piperazine rings is 1. The first-order valence-electron chi connectivity index (χ1n) is 14.8. The van der Waals surface area contributed by atoms with Gasteiger partial charge in [0.25, 0.3) is 0 Å². The number of anilines is 1. The van der Waals surface area contributed by atoms with Gasteiger partial charge in [0.15, 0.2) is 0 Å². The predicted octanol–water partition coefficient (Wildman–Crippen LogP) is 5.04. The molecule has 0 saturated carbocycles. The van der Waals surface area contributed by atoms with Crippen LogP contribution in [-0.2, 0) is 19.1 Å². The lowest BCUT2D eigenvalue weighted by Gasteiger charge is -2.39. The molecule has 0 radical (unpaired) electrons. The molecule has 0 bridgehead atoms. The molecule has 1 heterocycles. The number of ether oxygens (including phenoxy) is 3. The summed E-state index contributed by atoms with van der Waals surface area (Å²) in [6, 6.07) is 33.4. The van der Waals surface area contributed by atoms with E-state index in [4.69, 9.17) is 14.2 Å². The molecule has 0 unspecified atom stereocenters. The van der Waals surface area contributed by atoms with E-state index in [9.17, 15) is 14.4 Å². The quantitative estimate of drug-likeness (QED) is 0.239. The first kappa shape index (κ1) is 31.4. The Morgan fingerprint density at radius 1 is 0.733 bits per heavy atom. The third kappa shape index (κ3) is 7.94. The lowest BCUT2D eigenvalue weighted by molar-refractivity contribution is -0.139. The Labute approximate surface area is 263 Å². The molecule has 1 fully saturated rings. The normalized spacial score (nSPS) is 13.4. The second kappa shape index (κ2) is 15.1. The fraction of sp³-hybridized carbons (Fsp3) is 0.250. The summed E-state index contributed by atoms with van der Waals surface area (Å²) in [6.45, 7) is 2.00. The highest BCUT2D eigenvalue weighted by Crippen LogP contribution is 2.30. The van der Waals surface area contributed by atoms with Crippen molar-refractivity contribution >= 4 is 23.5 Å². The fourth-order valence-electron chi connectivity index (χ4n) is 5.52. The third-order valence-electron chi connectivity index (χ3n) is 7.84. The van der Waals surface area contributed by atoms with Crippen LogP contribution in [0, 0.1) is 0 Å². The molecule has 0 atom stereocenters. The van der Waals surface area contributed by atoms with Crippen molar-refractivity contribution in [3.05, 3.63) is 120 Å². The van der Waals surface area contributed by atoms with Gasteiger partial charge in [0.2, 0.25) is 11.8 Å². The number of nitrogens with zero attached hydrogens (tertiary/aromatic N) is 2. The van der Waals surface area contributed by atoms with Gasteiger partial charge < -0.3 is 24.4 Å². The number of hydrogen-bond donors (Lipinski definition) is 1. The molecule has 4 aromatic rings. The highest BCUT2D eigenvalue weighted by molar-refractivity contribution is 6.02. The summed E-state index contributed by atoms with van der Waals surface area (Å²) in [6.07, 6.45) is 0. The summed E-state index contributed by atoms with van der Waals surface area (Å²) in [5.41, 5.74) is 4.57. The summed E-state index contributed by atoms with van der Waals surface area (Å²) in [5.74, 6) is -0.518. The van der Waals surface area contributed by atoms with Crippen LogP contribution in [0.4, 0.5) is 5.69 Å². The van der Waals surface area contributed by atoms with E-state index in [-0.39, 0.29) is 30.7 Å². The van der Waals surface area contributed by atoms with Crippen LogP contribution in [0.2, 0.25) is 0 Å².